The summed E-state index contributed by atoms with van der Waals surface area (Å²) >= 11 is 0. The van der Waals surface area contributed by atoms with Crippen LogP contribution in [0.2, 0.25) is 0 Å². The highest BCUT2D eigenvalue weighted by atomic mass is 35.5. The zero-order valence-electron chi connectivity index (χ0n) is 22.0. The van der Waals surface area contributed by atoms with Crippen LogP contribution in [-0.4, -0.2) is 23.9 Å². The molecule has 2 aliphatic rings. The molecule has 0 aliphatic carbocycles. The van der Waals surface area contributed by atoms with E-state index in [1.165, 1.54) is 5.56 Å². The summed E-state index contributed by atoms with van der Waals surface area (Å²) in [5.41, 5.74) is 24.2. The van der Waals surface area contributed by atoms with Gasteiger partial charge in [0.2, 0.25) is 0 Å². The van der Waals surface area contributed by atoms with E-state index < -0.39 is 0 Å². The first-order valence-corrected chi connectivity index (χ1v) is 12.2. The van der Waals surface area contributed by atoms with Gasteiger partial charge in [0.05, 0.1) is 0 Å². The van der Waals surface area contributed by atoms with Gasteiger partial charge >= 0.3 is 0 Å². The minimum Gasteiger partial charge on any atom is -0.481 e. The van der Waals surface area contributed by atoms with E-state index in [-0.39, 0.29) is 61.5 Å². The van der Waals surface area contributed by atoms with E-state index in [1.807, 2.05) is 50.2 Å². The summed E-state index contributed by atoms with van der Waals surface area (Å²) in [6.07, 6.45) is 0.282. The van der Waals surface area contributed by atoms with Crippen LogP contribution in [0.5, 0.6) is 11.5 Å². The number of amidine groups is 2. The van der Waals surface area contributed by atoms with Crippen LogP contribution >= 0.6 is 37.2 Å². The number of benzene rings is 3. The summed E-state index contributed by atoms with van der Waals surface area (Å²) in [7, 11) is 0. The lowest BCUT2D eigenvalue weighted by molar-refractivity contribution is 0.281. The van der Waals surface area contributed by atoms with Gasteiger partial charge in [-0.25, -0.2) is 9.98 Å². The van der Waals surface area contributed by atoms with Crippen molar-refractivity contribution in [1.29, 1.82) is 0 Å². The van der Waals surface area contributed by atoms with Gasteiger partial charge in [0, 0.05) is 17.8 Å². The average Bonchev–Trinajstić information content (AvgIpc) is 2.85. The fraction of sp³-hybridized carbons (Fsp3) is 0.286. The van der Waals surface area contributed by atoms with Crippen molar-refractivity contribution in [2.45, 2.75) is 51.5 Å². The van der Waals surface area contributed by atoms with E-state index >= 15 is 0 Å². The largest absolute Gasteiger partial charge is 0.481 e. The number of aliphatic imine (C=N–C) groups is 2. The summed E-state index contributed by atoms with van der Waals surface area (Å²) in [6.45, 7) is 5.90. The number of hydrogen-bond donors (Lipinski definition) is 4. The van der Waals surface area contributed by atoms with Crippen LogP contribution in [0, 0.1) is 0 Å². The Balaban J connectivity index is 0.00000178. The quantitative estimate of drug-likeness (QED) is 0.281. The molecule has 5 rings (SSSR count). The van der Waals surface area contributed by atoms with Gasteiger partial charge in [0.25, 0.3) is 0 Å². The smallest absolute Gasteiger partial charge is 0.153 e. The summed E-state index contributed by atoms with van der Waals surface area (Å²) in [5, 5.41) is 3.53. The van der Waals surface area contributed by atoms with Crippen LogP contribution < -0.4 is 32.0 Å². The standard InChI is InChI=1S/C28H32N6O2.3ClH/c1-15(32-21-9-11-26-24(14-21)34-28(31)17(3)36-26)19-6-4-18(5-7-19)12-22(29)20-8-10-25-23(13-20)33-27(30)16(2)35-25;;;/h4-11,13-17,22,32H,12,29H2,1-3H3,(H2,30,33)(H2,31,34);3*1H. The molecule has 4 unspecified atom stereocenters. The lowest BCUT2D eigenvalue weighted by Gasteiger charge is -2.23. The second-order valence-corrected chi connectivity index (χ2v) is 9.42. The Kier molecular flexibility index (Phi) is 10.9. The molecule has 0 saturated carbocycles. The molecule has 0 saturated heterocycles. The van der Waals surface area contributed by atoms with E-state index in [9.17, 15) is 0 Å². The Labute approximate surface area is 247 Å². The molecule has 3 aromatic carbocycles. The first-order chi connectivity index (χ1) is 17.3. The molecular weight excluding hydrogens is 559 g/mol. The van der Waals surface area contributed by atoms with Crippen LogP contribution in [0.25, 0.3) is 0 Å². The van der Waals surface area contributed by atoms with Crippen molar-refractivity contribution < 1.29 is 9.47 Å². The molecule has 0 radical (unpaired) electrons. The van der Waals surface area contributed by atoms with Gasteiger partial charge in [-0.1, -0.05) is 30.3 Å². The van der Waals surface area contributed by atoms with Gasteiger partial charge in [-0.3, -0.25) is 0 Å². The van der Waals surface area contributed by atoms with Gasteiger partial charge in [-0.2, -0.15) is 0 Å². The molecule has 39 heavy (non-hydrogen) atoms. The van der Waals surface area contributed by atoms with Crippen LogP contribution in [-0.2, 0) is 6.42 Å². The highest BCUT2D eigenvalue weighted by Gasteiger charge is 2.20. The van der Waals surface area contributed by atoms with Crippen LogP contribution in [0.3, 0.4) is 0 Å². The third kappa shape index (κ3) is 7.08. The van der Waals surface area contributed by atoms with Crippen molar-refractivity contribution in [1.82, 2.24) is 0 Å². The Morgan fingerprint density at radius 1 is 0.769 bits per heavy atom. The monoisotopic (exact) mass is 592 g/mol. The van der Waals surface area contributed by atoms with Gasteiger partial charge in [0.15, 0.2) is 12.2 Å². The van der Waals surface area contributed by atoms with Crippen molar-refractivity contribution in [3.8, 4) is 11.5 Å². The normalized spacial score (nSPS) is 18.5. The second-order valence-electron chi connectivity index (χ2n) is 9.42. The van der Waals surface area contributed by atoms with Crippen LogP contribution in [0.15, 0.2) is 70.6 Å². The van der Waals surface area contributed by atoms with Gasteiger partial charge < -0.3 is 32.0 Å². The van der Waals surface area contributed by atoms with E-state index in [2.05, 4.69) is 46.5 Å². The summed E-state index contributed by atoms with van der Waals surface area (Å²) in [4.78, 5) is 8.92. The minimum atomic E-state index is -0.218. The zero-order chi connectivity index (χ0) is 25.4. The molecule has 0 bridgehead atoms. The molecule has 7 N–H and O–H groups in total. The lowest BCUT2D eigenvalue weighted by Crippen LogP contribution is -2.33. The molecule has 0 aromatic heterocycles. The Bertz CT molecular complexity index is 1350. The number of nitrogens with two attached hydrogens (primary N) is 3. The molecule has 3 aromatic rings. The molecule has 2 heterocycles. The van der Waals surface area contributed by atoms with Crippen molar-refractivity contribution in [3.05, 3.63) is 77.4 Å². The van der Waals surface area contributed by atoms with Crippen molar-refractivity contribution in [3.63, 3.8) is 0 Å². The Morgan fingerprint density at radius 2 is 1.28 bits per heavy atom. The maximum absolute atomic E-state index is 6.53. The third-order valence-electron chi connectivity index (χ3n) is 6.63. The number of hydrogen-bond acceptors (Lipinski definition) is 8. The Morgan fingerprint density at radius 3 is 1.87 bits per heavy atom. The zero-order valence-corrected chi connectivity index (χ0v) is 24.4. The predicted molar refractivity (Wildman–Crippen MR) is 166 cm³/mol. The number of ether oxygens (including phenoxy) is 2. The van der Waals surface area contributed by atoms with E-state index in [4.69, 9.17) is 26.7 Å². The summed E-state index contributed by atoms with van der Waals surface area (Å²) in [6, 6.07) is 20.2. The topological polar surface area (TPSA) is 133 Å². The second kappa shape index (κ2) is 13.3. The molecule has 0 spiro atoms. The number of halogens is 3. The number of anilines is 1. The molecule has 210 valence electrons. The van der Waals surface area contributed by atoms with Crippen molar-refractivity contribution in [2.24, 2.45) is 27.2 Å². The first-order valence-electron chi connectivity index (χ1n) is 12.2. The third-order valence-corrected chi connectivity index (χ3v) is 6.63. The fourth-order valence-electron chi connectivity index (χ4n) is 4.36. The maximum Gasteiger partial charge on any atom is 0.153 e. The highest BCUT2D eigenvalue weighted by molar-refractivity contribution is 5.90. The molecular formula is C28H35Cl3N6O2. The van der Waals surface area contributed by atoms with Gasteiger partial charge in [-0.15, -0.1) is 37.2 Å². The van der Waals surface area contributed by atoms with Crippen molar-refractivity contribution in [2.75, 3.05) is 5.32 Å². The number of nitrogens with zero attached hydrogens (tertiary/aromatic N) is 2. The molecule has 0 fully saturated rings. The maximum atomic E-state index is 6.53. The molecule has 4 atom stereocenters. The van der Waals surface area contributed by atoms with E-state index in [0.29, 0.717) is 18.1 Å². The molecule has 0 amide bonds. The van der Waals surface area contributed by atoms with E-state index in [1.54, 1.807) is 0 Å². The number of nitrogens with one attached hydrogen (secondary N) is 1. The predicted octanol–water partition coefficient (Wildman–Crippen LogP) is 5.91. The summed E-state index contributed by atoms with van der Waals surface area (Å²) in [5.74, 6) is 2.43. The minimum absolute atomic E-state index is 0. The first kappa shape index (κ1) is 32.0. The highest BCUT2D eigenvalue weighted by Crippen LogP contribution is 2.36. The van der Waals surface area contributed by atoms with Crippen LogP contribution in [0.4, 0.5) is 17.1 Å². The number of rotatable bonds is 6. The van der Waals surface area contributed by atoms with Gasteiger partial charge in [-0.05, 0) is 74.2 Å². The fourth-order valence-corrected chi connectivity index (χ4v) is 4.36. The summed E-state index contributed by atoms with van der Waals surface area (Å²) < 4.78 is 11.6. The van der Waals surface area contributed by atoms with Crippen molar-refractivity contribution >= 4 is 66.0 Å². The lowest BCUT2D eigenvalue weighted by atomic mass is 9.97. The van der Waals surface area contributed by atoms with Gasteiger partial charge in [0.1, 0.15) is 34.5 Å². The SMILES string of the molecule is CC1Oc2ccc(NC(C)c3ccc(CC(N)c4ccc5c(c4)N=C(N)C(C)O5)cc3)cc2N=C1N.Cl.Cl.Cl. The van der Waals surface area contributed by atoms with E-state index in [0.717, 1.165) is 39.7 Å². The van der Waals surface area contributed by atoms with Crippen LogP contribution in [0.1, 0.15) is 49.5 Å². The molecule has 11 heteroatoms. The molecule has 8 nitrogen and oxygen atoms in total. The number of fused-ring (bicyclic) bond motifs is 2. The average molecular weight is 594 g/mol. The Hall–Kier alpha value is -3.17. The molecule has 2 aliphatic heterocycles.